The van der Waals surface area contributed by atoms with Crippen LogP contribution < -0.4 is 5.32 Å². The quantitative estimate of drug-likeness (QED) is 0.886. The van der Waals surface area contributed by atoms with Crippen molar-refractivity contribution in [3.63, 3.8) is 0 Å². The number of aromatic nitrogens is 1. The van der Waals surface area contributed by atoms with E-state index >= 15 is 0 Å². The van der Waals surface area contributed by atoms with Crippen LogP contribution in [0.15, 0.2) is 42.6 Å². The van der Waals surface area contributed by atoms with E-state index in [9.17, 15) is 14.0 Å². The molecule has 2 aromatic rings. The van der Waals surface area contributed by atoms with Gasteiger partial charge < -0.3 is 10.4 Å². The minimum Gasteiger partial charge on any atom is -0.478 e. The number of carbonyl (C=O) groups is 2. The number of carboxylic acids is 1. The van der Waals surface area contributed by atoms with E-state index in [-0.39, 0.29) is 18.0 Å². The largest absolute Gasteiger partial charge is 0.478 e. The van der Waals surface area contributed by atoms with Gasteiger partial charge in [0.2, 0.25) is 5.91 Å². The predicted octanol–water partition coefficient (Wildman–Crippen LogP) is 2.49. The van der Waals surface area contributed by atoms with Gasteiger partial charge in [0.15, 0.2) is 0 Å². The first-order chi connectivity index (χ1) is 10.1. The Balaban J connectivity index is 1.97. The Hall–Kier alpha value is -2.76. The Kier molecular flexibility index (Phi) is 4.61. The summed E-state index contributed by atoms with van der Waals surface area (Å²) in [5, 5.41) is 11.4. The second-order valence-corrected chi connectivity index (χ2v) is 4.37. The molecule has 1 aromatic carbocycles. The van der Waals surface area contributed by atoms with Crippen LogP contribution in [0.1, 0.15) is 22.5 Å². The van der Waals surface area contributed by atoms with Crippen molar-refractivity contribution in [2.75, 3.05) is 5.32 Å². The van der Waals surface area contributed by atoms with Crippen LogP contribution in [0.4, 0.5) is 10.1 Å². The second-order valence-electron chi connectivity index (χ2n) is 4.37. The van der Waals surface area contributed by atoms with Gasteiger partial charge in [-0.3, -0.25) is 9.78 Å². The Morgan fingerprint density at radius 2 is 2.05 bits per heavy atom. The fourth-order valence-electron chi connectivity index (χ4n) is 1.78. The van der Waals surface area contributed by atoms with Gasteiger partial charge in [0.25, 0.3) is 0 Å². The molecule has 0 atom stereocenters. The first-order valence-electron chi connectivity index (χ1n) is 6.29. The van der Waals surface area contributed by atoms with Crippen LogP contribution in [-0.4, -0.2) is 22.0 Å². The lowest BCUT2D eigenvalue weighted by atomic mass is 10.1. The minimum atomic E-state index is -1.38. The number of nitrogens with zero attached hydrogens (tertiary/aromatic N) is 1. The molecule has 0 bridgehead atoms. The zero-order valence-electron chi connectivity index (χ0n) is 11.0. The van der Waals surface area contributed by atoms with Gasteiger partial charge in [0, 0.05) is 24.0 Å². The zero-order valence-corrected chi connectivity index (χ0v) is 11.0. The summed E-state index contributed by atoms with van der Waals surface area (Å²) in [6.45, 7) is 0. The fourth-order valence-corrected chi connectivity index (χ4v) is 1.78. The van der Waals surface area contributed by atoms with E-state index in [4.69, 9.17) is 5.11 Å². The maximum absolute atomic E-state index is 13.2. The van der Waals surface area contributed by atoms with Crippen molar-refractivity contribution < 1.29 is 19.1 Å². The molecule has 0 aliphatic carbocycles. The second kappa shape index (κ2) is 6.60. The summed E-state index contributed by atoms with van der Waals surface area (Å²) >= 11 is 0. The van der Waals surface area contributed by atoms with Crippen molar-refractivity contribution in [2.24, 2.45) is 0 Å². The summed E-state index contributed by atoms with van der Waals surface area (Å²) < 4.78 is 13.2. The molecule has 0 unspecified atom stereocenters. The molecule has 108 valence electrons. The topological polar surface area (TPSA) is 79.3 Å². The van der Waals surface area contributed by atoms with Crippen LogP contribution in [0, 0.1) is 5.82 Å². The monoisotopic (exact) mass is 288 g/mol. The summed E-state index contributed by atoms with van der Waals surface area (Å²) in [6, 6.07) is 8.86. The molecule has 5 nitrogen and oxygen atoms in total. The molecule has 1 amide bonds. The molecular formula is C15H13FN2O3. The van der Waals surface area contributed by atoms with Gasteiger partial charge in [-0.25, -0.2) is 9.18 Å². The standard InChI is InChI=1S/C15H13FN2O3/c16-13-6-4-11(9-12(13)15(20)21)18-14(19)7-5-10-3-1-2-8-17-10/h1-4,6,8-9H,5,7H2,(H,18,19)(H,20,21). The van der Waals surface area contributed by atoms with E-state index in [1.54, 1.807) is 12.3 Å². The van der Waals surface area contributed by atoms with Gasteiger partial charge in [-0.15, -0.1) is 0 Å². The number of carboxylic acid groups (broad SMARTS) is 1. The van der Waals surface area contributed by atoms with Crippen molar-refractivity contribution >= 4 is 17.6 Å². The van der Waals surface area contributed by atoms with E-state index in [0.29, 0.717) is 6.42 Å². The number of hydrogen-bond acceptors (Lipinski definition) is 3. The maximum atomic E-state index is 13.2. The zero-order chi connectivity index (χ0) is 15.2. The molecule has 0 saturated heterocycles. The first-order valence-corrected chi connectivity index (χ1v) is 6.29. The molecule has 21 heavy (non-hydrogen) atoms. The number of aryl methyl sites for hydroxylation is 1. The smallest absolute Gasteiger partial charge is 0.338 e. The van der Waals surface area contributed by atoms with E-state index in [1.165, 1.54) is 6.07 Å². The van der Waals surface area contributed by atoms with Crippen molar-refractivity contribution in [3.8, 4) is 0 Å². The van der Waals surface area contributed by atoms with Crippen molar-refractivity contribution in [1.29, 1.82) is 0 Å². The summed E-state index contributed by atoms with van der Waals surface area (Å²) in [5.41, 5.74) is 0.565. The average Bonchev–Trinajstić information content (AvgIpc) is 2.48. The molecule has 0 fully saturated rings. The fraction of sp³-hybridized carbons (Fsp3) is 0.133. The molecule has 2 rings (SSSR count). The molecule has 6 heteroatoms. The number of rotatable bonds is 5. The normalized spacial score (nSPS) is 10.1. The minimum absolute atomic E-state index is 0.205. The molecule has 2 N–H and O–H groups in total. The number of halogens is 1. The van der Waals surface area contributed by atoms with Gasteiger partial charge in [0.05, 0.1) is 5.56 Å². The van der Waals surface area contributed by atoms with E-state index in [1.807, 2.05) is 12.1 Å². The summed E-state index contributed by atoms with van der Waals surface area (Å²) in [4.78, 5) is 26.7. The van der Waals surface area contributed by atoms with Gasteiger partial charge in [0.1, 0.15) is 5.82 Å². The molecule has 0 aliphatic rings. The van der Waals surface area contributed by atoms with Gasteiger partial charge in [-0.2, -0.15) is 0 Å². The van der Waals surface area contributed by atoms with Crippen molar-refractivity contribution in [2.45, 2.75) is 12.8 Å². The van der Waals surface area contributed by atoms with E-state index < -0.39 is 17.3 Å². The molecule has 0 saturated carbocycles. The van der Waals surface area contributed by atoms with Crippen LogP contribution in [0.25, 0.3) is 0 Å². The summed E-state index contributed by atoms with van der Waals surface area (Å²) in [7, 11) is 0. The molecule has 1 aromatic heterocycles. The molecule has 1 heterocycles. The lowest BCUT2D eigenvalue weighted by Crippen LogP contribution is -2.13. The number of nitrogens with one attached hydrogen (secondary N) is 1. The van der Waals surface area contributed by atoms with Crippen LogP contribution in [0.5, 0.6) is 0 Å². The Labute approximate surface area is 120 Å². The molecule has 0 spiro atoms. The van der Waals surface area contributed by atoms with Crippen LogP contribution in [0.2, 0.25) is 0 Å². The van der Waals surface area contributed by atoms with Crippen molar-refractivity contribution in [1.82, 2.24) is 4.98 Å². The van der Waals surface area contributed by atoms with Gasteiger partial charge in [-0.05, 0) is 36.8 Å². The van der Waals surface area contributed by atoms with Crippen LogP contribution >= 0.6 is 0 Å². The maximum Gasteiger partial charge on any atom is 0.338 e. The Morgan fingerprint density at radius 1 is 1.24 bits per heavy atom. The Bertz CT molecular complexity index is 659. The third kappa shape index (κ3) is 4.10. The lowest BCUT2D eigenvalue weighted by Gasteiger charge is -2.06. The average molecular weight is 288 g/mol. The Morgan fingerprint density at radius 3 is 2.71 bits per heavy atom. The number of hydrogen-bond donors (Lipinski definition) is 2. The third-order valence-corrected chi connectivity index (χ3v) is 2.81. The number of carbonyl (C=O) groups excluding carboxylic acids is 1. The highest BCUT2D eigenvalue weighted by Gasteiger charge is 2.12. The van der Waals surface area contributed by atoms with Gasteiger partial charge >= 0.3 is 5.97 Å². The third-order valence-electron chi connectivity index (χ3n) is 2.81. The van der Waals surface area contributed by atoms with Crippen molar-refractivity contribution in [3.05, 3.63) is 59.7 Å². The lowest BCUT2D eigenvalue weighted by molar-refractivity contribution is -0.116. The van der Waals surface area contributed by atoms with Crippen LogP contribution in [0.3, 0.4) is 0 Å². The highest BCUT2D eigenvalue weighted by molar-refractivity contribution is 5.94. The summed E-state index contributed by atoms with van der Waals surface area (Å²) in [5.74, 6) is -2.50. The SMILES string of the molecule is O=C(CCc1ccccn1)Nc1ccc(F)c(C(=O)O)c1. The number of benzene rings is 1. The van der Waals surface area contributed by atoms with E-state index in [0.717, 1.165) is 17.8 Å². The number of aromatic carboxylic acids is 1. The highest BCUT2D eigenvalue weighted by atomic mass is 19.1. The molecule has 0 aliphatic heterocycles. The van der Waals surface area contributed by atoms with Gasteiger partial charge in [-0.1, -0.05) is 6.07 Å². The van der Waals surface area contributed by atoms with E-state index in [2.05, 4.69) is 10.3 Å². The highest BCUT2D eigenvalue weighted by Crippen LogP contribution is 2.15. The number of pyridine rings is 1. The first kappa shape index (κ1) is 14.6. The number of amides is 1. The van der Waals surface area contributed by atoms with Crippen LogP contribution in [-0.2, 0) is 11.2 Å². The molecule has 0 radical (unpaired) electrons. The number of anilines is 1. The summed E-state index contributed by atoms with van der Waals surface area (Å²) in [6.07, 6.45) is 2.32. The molecular weight excluding hydrogens is 275 g/mol. The predicted molar refractivity (Wildman–Crippen MR) is 74.5 cm³/mol.